The van der Waals surface area contributed by atoms with E-state index >= 15 is 0 Å². The maximum Gasteiger partial charge on any atom is 0.410 e. The van der Waals surface area contributed by atoms with Crippen molar-refractivity contribution in [2.24, 2.45) is 0 Å². The van der Waals surface area contributed by atoms with Gasteiger partial charge in [0.2, 0.25) is 0 Å². The number of hydrogen-bond donors (Lipinski definition) is 0. The summed E-state index contributed by atoms with van der Waals surface area (Å²) < 4.78 is 5.64. The first kappa shape index (κ1) is 17.0. The summed E-state index contributed by atoms with van der Waals surface area (Å²) in [6, 6.07) is 11.1. The van der Waals surface area contributed by atoms with Crippen LogP contribution in [-0.2, 0) is 11.3 Å². The predicted octanol–water partition coefficient (Wildman–Crippen LogP) is 3.82. The molecule has 2 saturated heterocycles. The van der Waals surface area contributed by atoms with E-state index in [2.05, 4.69) is 35.7 Å². The van der Waals surface area contributed by atoms with Gasteiger partial charge in [-0.05, 0) is 39.2 Å². The summed E-state index contributed by atoms with van der Waals surface area (Å²) in [6.45, 7) is 11.6. The van der Waals surface area contributed by atoms with Gasteiger partial charge in [-0.15, -0.1) is 6.58 Å². The Kier molecular flexibility index (Phi) is 4.68. The van der Waals surface area contributed by atoms with Gasteiger partial charge in [0, 0.05) is 25.2 Å². The van der Waals surface area contributed by atoms with Gasteiger partial charge in [-0.1, -0.05) is 36.4 Å². The SMILES string of the molecule is C=C[C@H]1[C@@H]2CC[C@H](CN1Cc1ccccc1)N2C(=O)OC(C)(C)C. The van der Waals surface area contributed by atoms with Crippen LogP contribution in [0.1, 0.15) is 39.2 Å². The number of fused-ring (bicyclic) bond motifs is 2. The molecule has 2 fully saturated rings. The predicted molar refractivity (Wildman–Crippen MR) is 95.7 cm³/mol. The first-order valence-corrected chi connectivity index (χ1v) is 8.81. The molecule has 0 aliphatic carbocycles. The molecule has 3 atom stereocenters. The van der Waals surface area contributed by atoms with E-state index in [1.165, 1.54) is 5.56 Å². The molecule has 2 bridgehead atoms. The average Bonchev–Trinajstić information content (AvgIpc) is 2.83. The normalized spacial score (nSPS) is 27.1. The number of hydrogen-bond acceptors (Lipinski definition) is 3. The Morgan fingerprint density at radius 3 is 2.62 bits per heavy atom. The molecule has 0 radical (unpaired) electrons. The lowest BCUT2D eigenvalue weighted by Crippen LogP contribution is -2.60. The Hall–Kier alpha value is -1.81. The van der Waals surface area contributed by atoms with Crippen molar-refractivity contribution in [2.75, 3.05) is 6.54 Å². The fourth-order valence-corrected chi connectivity index (χ4v) is 3.96. The molecule has 1 aromatic carbocycles. The van der Waals surface area contributed by atoms with Crippen LogP contribution in [0, 0.1) is 0 Å². The Morgan fingerprint density at radius 2 is 2.00 bits per heavy atom. The summed E-state index contributed by atoms with van der Waals surface area (Å²) >= 11 is 0. The second-order valence-corrected chi connectivity index (χ2v) is 7.83. The van der Waals surface area contributed by atoms with E-state index in [9.17, 15) is 4.79 Å². The molecule has 0 spiro atoms. The van der Waals surface area contributed by atoms with Crippen LogP contribution < -0.4 is 0 Å². The van der Waals surface area contributed by atoms with E-state index in [4.69, 9.17) is 4.74 Å². The van der Waals surface area contributed by atoms with E-state index in [-0.39, 0.29) is 24.2 Å². The van der Waals surface area contributed by atoms with Gasteiger partial charge in [0.1, 0.15) is 5.60 Å². The molecule has 0 N–H and O–H groups in total. The van der Waals surface area contributed by atoms with Crippen molar-refractivity contribution >= 4 is 6.09 Å². The van der Waals surface area contributed by atoms with Crippen molar-refractivity contribution in [3.05, 3.63) is 48.6 Å². The minimum atomic E-state index is -0.457. The number of carbonyl (C=O) groups is 1. The van der Waals surface area contributed by atoms with Gasteiger partial charge < -0.3 is 4.74 Å². The van der Waals surface area contributed by atoms with Crippen LogP contribution in [0.25, 0.3) is 0 Å². The molecule has 1 amide bonds. The van der Waals surface area contributed by atoms with Gasteiger partial charge in [-0.3, -0.25) is 9.80 Å². The van der Waals surface area contributed by atoms with E-state index in [0.29, 0.717) is 0 Å². The molecular weight excluding hydrogens is 300 g/mol. The standard InChI is InChI=1S/C20H28N2O2/c1-5-17-18-12-11-16(22(18)19(23)24-20(2,3)4)14-21(17)13-15-9-7-6-8-10-15/h5-10,16-18H,1,11-14H2,2-4H3/t16-,17+,18+/m1/s1. The third kappa shape index (κ3) is 3.48. The zero-order chi connectivity index (χ0) is 17.3. The maximum atomic E-state index is 12.7. The number of benzene rings is 1. The maximum absolute atomic E-state index is 12.7. The number of nitrogens with zero attached hydrogens (tertiary/aromatic N) is 2. The summed E-state index contributed by atoms with van der Waals surface area (Å²) in [5, 5.41) is 0. The number of ether oxygens (including phenoxy) is 1. The van der Waals surface area contributed by atoms with Crippen molar-refractivity contribution in [2.45, 2.75) is 63.9 Å². The molecule has 130 valence electrons. The van der Waals surface area contributed by atoms with Crippen molar-refractivity contribution in [3.8, 4) is 0 Å². The highest BCUT2D eigenvalue weighted by Crippen LogP contribution is 2.36. The largest absolute Gasteiger partial charge is 0.444 e. The highest BCUT2D eigenvalue weighted by atomic mass is 16.6. The highest BCUT2D eigenvalue weighted by molar-refractivity contribution is 5.70. The summed E-state index contributed by atoms with van der Waals surface area (Å²) in [5.41, 5.74) is 0.843. The molecule has 1 aromatic rings. The Morgan fingerprint density at radius 1 is 1.29 bits per heavy atom. The van der Waals surface area contributed by atoms with Crippen LogP contribution in [0.4, 0.5) is 4.79 Å². The number of piperazine rings is 1. The lowest BCUT2D eigenvalue weighted by Gasteiger charge is -2.46. The van der Waals surface area contributed by atoms with Gasteiger partial charge in [0.25, 0.3) is 0 Å². The molecule has 4 heteroatoms. The van der Waals surface area contributed by atoms with Crippen LogP contribution >= 0.6 is 0 Å². The summed E-state index contributed by atoms with van der Waals surface area (Å²) in [7, 11) is 0. The molecule has 2 heterocycles. The summed E-state index contributed by atoms with van der Waals surface area (Å²) in [4.78, 5) is 17.1. The van der Waals surface area contributed by atoms with Crippen molar-refractivity contribution in [1.82, 2.24) is 9.80 Å². The van der Waals surface area contributed by atoms with Crippen molar-refractivity contribution in [3.63, 3.8) is 0 Å². The average molecular weight is 328 g/mol. The molecule has 2 aliphatic rings. The van der Waals surface area contributed by atoms with Crippen molar-refractivity contribution < 1.29 is 9.53 Å². The Bertz CT molecular complexity index is 593. The van der Waals surface area contributed by atoms with Crippen molar-refractivity contribution in [1.29, 1.82) is 0 Å². The van der Waals surface area contributed by atoms with E-state index in [0.717, 1.165) is 25.9 Å². The van der Waals surface area contributed by atoms with Gasteiger partial charge >= 0.3 is 6.09 Å². The smallest absolute Gasteiger partial charge is 0.410 e. The molecule has 0 aromatic heterocycles. The topological polar surface area (TPSA) is 32.8 Å². The molecule has 0 unspecified atom stereocenters. The Labute approximate surface area is 145 Å². The van der Waals surface area contributed by atoms with Crippen LogP contribution in [0.15, 0.2) is 43.0 Å². The molecule has 24 heavy (non-hydrogen) atoms. The van der Waals surface area contributed by atoms with E-state index in [1.807, 2.05) is 37.8 Å². The second kappa shape index (κ2) is 6.60. The van der Waals surface area contributed by atoms with Gasteiger partial charge in [-0.2, -0.15) is 0 Å². The number of amides is 1. The minimum absolute atomic E-state index is 0.166. The summed E-state index contributed by atoms with van der Waals surface area (Å²) in [5.74, 6) is 0. The zero-order valence-corrected chi connectivity index (χ0v) is 14.9. The van der Waals surface area contributed by atoms with Crippen LogP contribution in [0.5, 0.6) is 0 Å². The third-order valence-electron chi connectivity index (χ3n) is 4.88. The van der Waals surface area contributed by atoms with E-state index < -0.39 is 5.60 Å². The second-order valence-electron chi connectivity index (χ2n) is 7.83. The number of rotatable bonds is 3. The summed E-state index contributed by atoms with van der Waals surface area (Å²) in [6.07, 6.45) is 3.87. The van der Waals surface area contributed by atoms with Gasteiger partial charge in [0.05, 0.1) is 6.04 Å². The van der Waals surface area contributed by atoms with E-state index in [1.54, 1.807) is 0 Å². The molecule has 3 rings (SSSR count). The zero-order valence-electron chi connectivity index (χ0n) is 14.9. The molecule has 2 aliphatic heterocycles. The van der Waals surface area contributed by atoms with Crippen LogP contribution in [-0.4, -0.2) is 46.2 Å². The highest BCUT2D eigenvalue weighted by Gasteiger charge is 2.48. The van der Waals surface area contributed by atoms with Gasteiger partial charge in [0.15, 0.2) is 0 Å². The molecule has 0 saturated carbocycles. The quantitative estimate of drug-likeness (QED) is 0.791. The minimum Gasteiger partial charge on any atom is -0.444 e. The Balaban J connectivity index is 1.76. The lowest BCUT2D eigenvalue weighted by atomic mass is 10.0. The number of likely N-dealkylation sites (tertiary alicyclic amines) is 1. The molecular formula is C20H28N2O2. The molecule has 4 nitrogen and oxygen atoms in total. The fourth-order valence-electron chi connectivity index (χ4n) is 3.96. The monoisotopic (exact) mass is 328 g/mol. The van der Waals surface area contributed by atoms with Crippen LogP contribution in [0.2, 0.25) is 0 Å². The van der Waals surface area contributed by atoms with Crippen LogP contribution in [0.3, 0.4) is 0 Å². The number of carbonyl (C=O) groups excluding carboxylic acids is 1. The fraction of sp³-hybridized carbons (Fsp3) is 0.550. The third-order valence-corrected chi connectivity index (χ3v) is 4.88. The van der Waals surface area contributed by atoms with Gasteiger partial charge in [-0.25, -0.2) is 4.79 Å². The first-order chi connectivity index (χ1) is 11.4. The first-order valence-electron chi connectivity index (χ1n) is 8.81. The lowest BCUT2D eigenvalue weighted by molar-refractivity contribution is -0.0159.